The Kier molecular flexibility index (Phi) is 7.15. The predicted octanol–water partition coefficient (Wildman–Crippen LogP) is 0.606. The van der Waals surface area contributed by atoms with Gasteiger partial charge in [-0.15, -0.1) is 0 Å². The Balaban J connectivity index is 2.32. The van der Waals surface area contributed by atoms with Crippen molar-refractivity contribution in [3.63, 3.8) is 0 Å². The van der Waals surface area contributed by atoms with E-state index in [4.69, 9.17) is 5.73 Å². The number of hydrogen-bond donors (Lipinski definition) is 2. The molecule has 1 aliphatic heterocycles. The standard InChI is InChI=1S/C14H31N3O/c1-12(2)14(18)11-17-6-4-5-16(7-8-17)10-13(3)9-15/h12-14,18H,4-11,15H2,1-3H3. The zero-order valence-electron chi connectivity index (χ0n) is 12.3. The summed E-state index contributed by atoms with van der Waals surface area (Å²) in [5, 5.41) is 9.95. The molecule has 2 unspecified atom stereocenters. The van der Waals surface area contributed by atoms with Crippen molar-refractivity contribution in [3.05, 3.63) is 0 Å². The molecular formula is C14H31N3O. The maximum absolute atomic E-state index is 9.95. The molecule has 1 aliphatic rings. The van der Waals surface area contributed by atoms with Gasteiger partial charge >= 0.3 is 0 Å². The highest BCUT2D eigenvalue weighted by atomic mass is 16.3. The highest BCUT2D eigenvalue weighted by molar-refractivity contribution is 4.74. The van der Waals surface area contributed by atoms with Crippen LogP contribution < -0.4 is 5.73 Å². The summed E-state index contributed by atoms with van der Waals surface area (Å²) in [6.45, 7) is 13.5. The van der Waals surface area contributed by atoms with Gasteiger partial charge in [-0.3, -0.25) is 4.90 Å². The Hall–Kier alpha value is -0.160. The van der Waals surface area contributed by atoms with Crippen LogP contribution in [0.1, 0.15) is 27.2 Å². The van der Waals surface area contributed by atoms with E-state index in [1.807, 2.05) is 0 Å². The summed E-state index contributed by atoms with van der Waals surface area (Å²) in [5.41, 5.74) is 5.68. The molecule has 3 N–H and O–H groups in total. The minimum atomic E-state index is -0.195. The minimum absolute atomic E-state index is 0.195. The Labute approximate surface area is 112 Å². The van der Waals surface area contributed by atoms with Gasteiger partial charge in [0.05, 0.1) is 6.10 Å². The lowest BCUT2D eigenvalue weighted by Gasteiger charge is -2.26. The van der Waals surface area contributed by atoms with Gasteiger partial charge in [-0.2, -0.15) is 0 Å². The molecule has 0 bridgehead atoms. The van der Waals surface area contributed by atoms with Crippen molar-refractivity contribution < 1.29 is 5.11 Å². The molecule has 0 saturated carbocycles. The number of β-amino-alcohol motifs (C(OH)–C–C–N with tert-alkyl or cyclic N) is 1. The van der Waals surface area contributed by atoms with E-state index in [0.29, 0.717) is 11.8 Å². The maximum Gasteiger partial charge on any atom is 0.0689 e. The van der Waals surface area contributed by atoms with Gasteiger partial charge in [-0.1, -0.05) is 20.8 Å². The molecule has 0 amide bonds. The van der Waals surface area contributed by atoms with Crippen LogP contribution >= 0.6 is 0 Å². The van der Waals surface area contributed by atoms with Gasteiger partial charge in [0.2, 0.25) is 0 Å². The van der Waals surface area contributed by atoms with E-state index in [0.717, 1.165) is 39.3 Å². The molecule has 0 aromatic carbocycles. The Morgan fingerprint density at radius 3 is 2.06 bits per heavy atom. The van der Waals surface area contributed by atoms with Crippen LogP contribution in [0.2, 0.25) is 0 Å². The molecule has 0 spiro atoms. The van der Waals surface area contributed by atoms with Crippen molar-refractivity contribution >= 4 is 0 Å². The zero-order valence-corrected chi connectivity index (χ0v) is 12.3. The van der Waals surface area contributed by atoms with Crippen molar-refractivity contribution in [2.75, 3.05) is 45.8 Å². The zero-order chi connectivity index (χ0) is 13.5. The van der Waals surface area contributed by atoms with Crippen LogP contribution in [0, 0.1) is 11.8 Å². The Morgan fingerprint density at radius 1 is 1.00 bits per heavy atom. The lowest BCUT2D eigenvalue weighted by atomic mass is 10.1. The van der Waals surface area contributed by atoms with Gasteiger partial charge in [0.25, 0.3) is 0 Å². The van der Waals surface area contributed by atoms with Crippen molar-refractivity contribution in [3.8, 4) is 0 Å². The number of aliphatic hydroxyl groups is 1. The van der Waals surface area contributed by atoms with Gasteiger partial charge < -0.3 is 15.7 Å². The third kappa shape index (κ3) is 5.65. The van der Waals surface area contributed by atoms with E-state index in [1.54, 1.807) is 0 Å². The second-order valence-electron chi connectivity index (χ2n) is 6.11. The first-order valence-corrected chi connectivity index (χ1v) is 7.35. The molecule has 0 aromatic rings. The van der Waals surface area contributed by atoms with Crippen LogP contribution in [0.3, 0.4) is 0 Å². The van der Waals surface area contributed by atoms with Crippen LogP contribution in [-0.4, -0.2) is 66.8 Å². The second-order valence-corrected chi connectivity index (χ2v) is 6.11. The van der Waals surface area contributed by atoms with E-state index in [-0.39, 0.29) is 6.10 Å². The van der Waals surface area contributed by atoms with E-state index in [9.17, 15) is 5.11 Å². The molecule has 4 heteroatoms. The summed E-state index contributed by atoms with van der Waals surface area (Å²) >= 11 is 0. The van der Waals surface area contributed by atoms with E-state index in [2.05, 4.69) is 30.6 Å². The van der Waals surface area contributed by atoms with Crippen LogP contribution in [0.15, 0.2) is 0 Å². The third-order valence-corrected chi connectivity index (χ3v) is 3.87. The molecule has 2 atom stereocenters. The largest absolute Gasteiger partial charge is 0.392 e. The molecule has 1 rings (SSSR count). The van der Waals surface area contributed by atoms with Crippen molar-refractivity contribution in [1.82, 2.24) is 9.80 Å². The highest BCUT2D eigenvalue weighted by Gasteiger charge is 2.19. The fourth-order valence-corrected chi connectivity index (χ4v) is 2.38. The molecule has 4 nitrogen and oxygen atoms in total. The molecule has 18 heavy (non-hydrogen) atoms. The number of nitrogens with two attached hydrogens (primary N) is 1. The van der Waals surface area contributed by atoms with Gasteiger partial charge in [0.15, 0.2) is 0 Å². The normalized spacial score (nSPS) is 23.0. The van der Waals surface area contributed by atoms with E-state index in [1.165, 1.54) is 13.0 Å². The number of aliphatic hydroxyl groups excluding tert-OH is 1. The Bertz CT molecular complexity index is 223. The number of rotatable bonds is 6. The summed E-state index contributed by atoms with van der Waals surface area (Å²) in [6, 6.07) is 0. The number of hydrogen-bond acceptors (Lipinski definition) is 4. The van der Waals surface area contributed by atoms with Crippen LogP contribution in [0.25, 0.3) is 0 Å². The molecule has 1 saturated heterocycles. The van der Waals surface area contributed by atoms with Crippen molar-refractivity contribution in [2.45, 2.75) is 33.3 Å². The summed E-state index contributed by atoms with van der Waals surface area (Å²) in [5.74, 6) is 0.930. The molecule has 1 fully saturated rings. The van der Waals surface area contributed by atoms with Crippen LogP contribution in [-0.2, 0) is 0 Å². The quantitative estimate of drug-likeness (QED) is 0.732. The molecule has 0 aliphatic carbocycles. The van der Waals surface area contributed by atoms with Gasteiger partial charge in [-0.25, -0.2) is 0 Å². The lowest BCUT2D eigenvalue weighted by molar-refractivity contribution is 0.0774. The molecule has 1 heterocycles. The van der Waals surface area contributed by atoms with Crippen molar-refractivity contribution in [2.24, 2.45) is 17.6 Å². The lowest BCUT2D eigenvalue weighted by Crippen LogP contribution is -2.38. The molecule has 0 radical (unpaired) electrons. The predicted molar refractivity (Wildman–Crippen MR) is 76.6 cm³/mol. The third-order valence-electron chi connectivity index (χ3n) is 3.87. The Morgan fingerprint density at radius 2 is 1.56 bits per heavy atom. The highest BCUT2D eigenvalue weighted by Crippen LogP contribution is 2.09. The second kappa shape index (κ2) is 8.10. The average molecular weight is 257 g/mol. The average Bonchev–Trinajstić information content (AvgIpc) is 2.54. The molecule has 108 valence electrons. The first-order chi connectivity index (χ1) is 8.52. The van der Waals surface area contributed by atoms with Crippen LogP contribution in [0.5, 0.6) is 0 Å². The SMILES string of the molecule is CC(CN)CN1CCCN(CC(O)C(C)C)CC1. The molecular weight excluding hydrogens is 226 g/mol. The van der Waals surface area contributed by atoms with Gasteiger partial charge in [0, 0.05) is 26.2 Å². The van der Waals surface area contributed by atoms with Gasteiger partial charge in [0.1, 0.15) is 0 Å². The van der Waals surface area contributed by atoms with E-state index >= 15 is 0 Å². The fraction of sp³-hybridized carbons (Fsp3) is 1.00. The molecule has 0 aromatic heterocycles. The topological polar surface area (TPSA) is 52.7 Å². The first-order valence-electron chi connectivity index (χ1n) is 7.35. The smallest absolute Gasteiger partial charge is 0.0689 e. The summed E-state index contributed by atoms with van der Waals surface area (Å²) in [7, 11) is 0. The first kappa shape index (κ1) is 15.9. The van der Waals surface area contributed by atoms with E-state index < -0.39 is 0 Å². The maximum atomic E-state index is 9.95. The van der Waals surface area contributed by atoms with Crippen molar-refractivity contribution in [1.29, 1.82) is 0 Å². The van der Waals surface area contributed by atoms with Crippen LogP contribution in [0.4, 0.5) is 0 Å². The summed E-state index contributed by atoms with van der Waals surface area (Å²) in [4.78, 5) is 4.91. The summed E-state index contributed by atoms with van der Waals surface area (Å²) < 4.78 is 0. The summed E-state index contributed by atoms with van der Waals surface area (Å²) in [6.07, 6.45) is 1.00. The monoisotopic (exact) mass is 257 g/mol. The fourth-order valence-electron chi connectivity index (χ4n) is 2.38. The van der Waals surface area contributed by atoms with Gasteiger partial charge in [-0.05, 0) is 37.9 Å². The number of nitrogens with zero attached hydrogens (tertiary/aromatic N) is 2. The minimum Gasteiger partial charge on any atom is -0.392 e.